The van der Waals surface area contributed by atoms with E-state index in [4.69, 9.17) is 4.42 Å². The van der Waals surface area contributed by atoms with Crippen molar-refractivity contribution < 1.29 is 9.21 Å². The maximum atomic E-state index is 12.1. The quantitative estimate of drug-likeness (QED) is 0.857. The van der Waals surface area contributed by atoms with Crippen molar-refractivity contribution in [3.05, 3.63) is 17.8 Å². The van der Waals surface area contributed by atoms with E-state index in [1.165, 1.54) is 0 Å². The number of oxazole rings is 1. The van der Waals surface area contributed by atoms with Gasteiger partial charge in [-0.25, -0.2) is 4.98 Å². The number of aromatic nitrogens is 1. The molecule has 1 aliphatic heterocycles. The van der Waals surface area contributed by atoms with Crippen LogP contribution in [0, 0.1) is 11.3 Å². The van der Waals surface area contributed by atoms with Gasteiger partial charge in [-0.05, 0) is 37.8 Å². The minimum absolute atomic E-state index is 0.165. The molecule has 1 aromatic rings. The summed E-state index contributed by atoms with van der Waals surface area (Å²) in [6, 6.07) is 0. The van der Waals surface area contributed by atoms with E-state index in [-0.39, 0.29) is 11.8 Å². The predicted octanol–water partition coefficient (Wildman–Crippen LogP) is 1.24. The standard InChI is InChI=1S/C14H21N3O2/c1-2-10-8-16-12(19-10)9-17-13(18)11-7-14(11)3-5-15-6-4-14/h8,11,15H,2-7,9H2,1H3,(H,17,18). The minimum atomic E-state index is 0.165. The van der Waals surface area contributed by atoms with Crippen LogP contribution >= 0.6 is 0 Å². The van der Waals surface area contributed by atoms with Crippen LogP contribution in [0.3, 0.4) is 0 Å². The van der Waals surface area contributed by atoms with Crippen LogP contribution in [-0.2, 0) is 17.8 Å². The molecular weight excluding hydrogens is 242 g/mol. The van der Waals surface area contributed by atoms with Gasteiger partial charge in [0.1, 0.15) is 5.76 Å². The zero-order chi connectivity index (χ0) is 13.3. The number of nitrogens with zero attached hydrogens (tertiary/aromatic N) is 1. The highest BCUT2D eigenvalue weighted by Gasteiger charge is 2.57. The Labute approximate surface area is 113 Å². The minimum Gasteiger partial charge on any atom is -0.444 e. The van der Waals surface area contributed by atoms with Crippen LogP contribution in [0.4, 0.5) is 0 Å². The Morgan fingerprint density at radius 1 is 1.58 bits per heavy atom. The van der Waals surface area contributed by atoms with Gasteiger partial charge in [-0.3, -0.25) is 4.79 Å². The van der Waals surface area contributed by atoms with Crippen LogP contribution in [-0.4, -0.2) is 24.0 Å². The Morgan fingerprint density at radius 3 is 3.05 bits per heavy atom. The van der Waals surface area contributed by atoms with Crippen molar-refractivity contribution >= 4 is 5.91 Å². The summed E-state index contributed by atoms with van der Waals surface area (Å²) in [6.07, 6.45) is 5.87. The molecule has 3 rings (SSSR count). The molecule has 1 amide bonds. The van der Waals surface area contributed by atoms with E-state index in [9.17, 15) is 4.79 Å². The van der Waals surface area contributed by atoms with Gasteiger partial charge in [0, 0.05) is 12.3 Å². The average molecular weight is 263 g/mol. The third-order valence-electron chi connectivity index (χ3n) is 4.47. The summed E-state index contributed by atoms with van der Waals surface area (Å²) in [5.41, 5.74) is 0.292. The molecule has 5 heteroatoms. The number of rotatable bonds is 4. The molecule has 2 fully saturated rings. The Morgan fingerprint density at radius 2 is 2.37 bits per heavy atom. The van der Waals surface area contributed by atoms with E-state index in [1.807, 2.05) is 6.92 Å². The van der Waals surface area contributed by atoms with Crippen LogP contribution in [0.15, 0.2) is 10.6 Å². The molecule has 0 radical (unpaired) electrons. The van der Waals surface area contributed by atoms with Crippen LogP contribution in [0.2, 0.25) is 0 Å². The third kappa shape index (κ3) is 2.52. The second kappa shape index (κ2) is 4.96. The van der Waals surface area contributed by atoms with E-state index in [1.54, 1.807) is 6.20 Å². The second-order valence-corrected chi connectivity index (χ2v) is 5.66. The molecule has 1 aliphatic carbocycles. The number of aryl methyl sites for hydroxylation is 1. The average Bonchev–Trinajstić information content (AvgIpc) is 2.93. The number of carbonyl (C=O) groups excluding carboxylic acids is 1. The summed E-state index contributed by atoms with van der Waals surface area (Å²) in [5.74, 6) is 1.84. The van der Waals surface area contributed by atoms with E-state index in [0.29, 0.717) is 17.9 Å². The fourth-order valence-electron chi connectivity index (χ4n) is 3.07. The number of piperidine rings is 1. The van der Waals surface area contributed by atoms with Crippen molar-refractivity contribution in [2.45, 2.75) is 39.2 Å². The van der Waals surface area contributed by atoms with Gasteiger partial charge in [-0.15, -0.1) is 0 Å². The molecule has 0 bridgehead atoms. The smallest absolute Gasteiger partial charge is 0.224 e. The third-order valence-corrected chi connectivity index (χ3v) is 4.47. The molecule has 1 saturated carbocycles. The van der Waals surface area contributed by atoms with Gasteiger partial charge in [0.05, 0.1) is 12.7 Å². The topological polar surface area (TPSA) is 67.2 Å². The Hall–Kier alpha value is -1.36. The zero-order valence-electron chi connectivity index (χ0n) is 11.4. The normalized spacial score (nSPS) is 24.4. The predicted molar refractivity (Wildman–Crippen MR) is 70.4 cm³/mol. The van der Waals surface area contributed by atoms with Gasteiger partial charge >= 0.3 is 0 Å². The first kappa shape index (κ1) is 12.7. The number of hydrogen-bond donors (Lipinski definition) is 2. The fourth-order valence-corrected chi connectivity index (χ4v) is 3.07. The molecule has 1 spiro atoms. The SMILES string of the molecule is CCc1cnc(CNC(=O)C2CC23CCNCC3)o1. The molecule has 2 aliphatic rings. The Kier molecular flexibility index (Phi) is 3.31. The molecule has 104 valence electrons. The van der Waals surface area contributed by atoms with Crippen LogP contribution < -0.4 is 10.6 Å². The highest BCUT2D eigenvalue weighted by molar-refractivity contribution is 5.82. The van der Waals surface area contributed by atoms with Gasteiger partial charge < -0.3 is 15.1 Å². The summed E-state index contributed by atoms with van der Waals surface area (Å²) < 4.78 is 5.48. The second-order valence-electron chi connectivity index (χ2n) is 5.66. The number of amides is 1. The summed E-state index contributed by atoms with van der Waals surface area (Å²) >= 11 is 0. The summed E-state index contributed by atoms with van der Waals surface area (Å²) in [6.45, 7) is 4.52. The van der Waals surface area contributed by atoms with E-state index in [2.05, 4.69) is 15.6 Å². The highest BCUT2D eigenvalue weighted by atomic mass is 16.4. The molecule has 5 nitrogen and oxygen atoms in total. The van der Waals surface area contributed by atoms with Crippen molar-refractivity contribution in [2.75, 3.05) is 13.1 Å². The van der Waals surface area contributed by atoms with Gasteiger partial charge in [-0.2, -0.15) is 0 Å². The molecule has 2 heterocycles. The lowest BCUT2D eigenvalue weighted by Crippen LogP contribution is -2.33. The number of carbonyl (C=O) groups is 1. The molecular formula is C14H21N3O2. The maximum absolute atomic E-state index is 12.1. The Bertz CT molecular complexity index is 463. The molecule has 2 N–H and O–H groups in total. The summed E-state index contributed by atoms with van der Waals surface area (Å²) in [7, 11) is 0. The first-order valence-electron chi connectivity index (χ1n) is 7.15. The molecule has 1 aromatic heterocycles. The van der Waals surface area contributed by atoms with Gasteiger partial charge in [0.15, 0.2) is 0 Å². The van der Waals surface area contributed by atoms with Crippen LogP contribution in [0.25, 0.3) is 0 Å². The first-order chi connectivity index (χ1) is 9.23. The number of nitrogens with one attached hydrogen (secondary N) is 2. The van der Waals surface area contributed by atoms with Crippen molar-refractivity contribution in [3.63, 3.8) is 0 Å². The molecule has 1 saturated heterocycles. The maximum Gasteiger partial charge on any atom is 0.224 e. The van der Waals surface area contributed by atoms with Crippen molar-refractivity contribution in [2.24, 2.45) is 11.3 Å². The summed E-state index contributed by atoms with van der Waals surface area (Å²) in [4.78, 5) is 16.3. The molecule has 1 atom stereocenters. The lowest BCUT2D eigenvalue weighted by Gasteiger charge is -2.23. The Balaban J connectivity index is 1.49. The van der Waals surface area contributed by atoms with E-state index in [0.717, 1.165) is 44.5 Å². The van der Waals surface area contributed by atoms with Crippen molar-refractivity contribution in [3.8, 4) is 0 Å². The van der Waals surface area contributed by atoms with E-state index < -0.39 is 0 Å². The van der Waals surface area contributed by atoms with Gasteiger partial charge in [-0.1, -0.05) is 6.92 Å². The van der Waals surface area contributed by atoms with Crippen molar-refractivity contribution in [1.82, 2.24) is 15.6 Å². The molecule has 1 unspecified atom stereocenters. The first-order valence-corrected chi connectivity index (χ1v) is 7.15. The van der Waals surface area contributed by atoms with Crippen LogP contribution in [0.5, 0.6) is 0 Å². The lowest BCUT2D eigenvalue weighted by molar-refractivity contribution is -0.123. The largest absolute Gasteiger partial charge is 0.444 e. The van der Waals surface area contributed by atoms with Gasteiger partial charge in [0.25, 0.3) is 0 Å². The van der Waals surface area contributed by atoms with Gasteiger partial charge in [0.2, 0.25) is 11.8 Å². The summed E-state index contributed by atoms with van der Waals surface area (Å²) in [5, 5.41) is 6.30. The molecule has 19 heavy (non-hydrogen) atoms. The fraction of sp³-hybridized carbons (Fsp3) is 0.714. The highest BCUT2D eigenvalue weighted by Crippen LogP contribution is 2.58. The monoisotopic (exact) mass is 263 g/mol. The lowest BCUT2D eigenvalue weighted by atomic mass is 9.92. The molecule has 0 aromatic carbocycles. The zero-order valence-corrected chi connectivity index (χ0v) is 11.4. The van der Waals surface area contributed by atoms with Crippen molar-refractivity contribution in [1.29, 1.82) is 0 Å². The van der Waals surface area contributed by atoms with E-state index >= 15 is 0 Å². The van der Waals surface area contributed by atoms with Crippen LogP contribution in [0.1, 0.15) is 37.8 Å². The number of hydrogen-bond acceptors (Lipinski definition) is 4.